The summed E-state index contributed by atoms with van der Waals surface area (Å²) in [4.78, 5) is 17.1. The third-order valence-electron chi connectivity index (χ3n) is 5.67. The molecule has 6 nitrogen and oxygen atoms in total. The summed E-state index contributed by atoms with van der Waals surface area (Å²) < 4.78 is 3.12. The summed E-state index contributed by atoms with van der Waals surface area (Å²) in [6.45, 7) is 6.04. The predicted molar refractivity (Wildman–Crippen MR) is 138 cm³/mol. The Kier molecular flexibility index (Phi) is 5.42. The van der Waals surface area contributed by atoms with Crippen LogP contribution in [0.25, 0.3) is 11.8 Å². The second-order valence-corrected chi connectivity index (χ2v) is 9.75. The number of amides is 1. The van der Waals surface area contributed by atoms with Crippen LogP contribution < -0.4 is 0 Å². The number of hydrogen-bond acceptors (Lipinski definition) is 4. The van der Waals surface area contributed by atoms with E-state index < -0.39 is 5.91 Å². The molecule has 3 aromatic rings. The molecule has 2 aliphatic rings. The van der Waals surface area contributed by atoms with Crippen LogP contribution in [0.2, 0.25) is 0 Å². The molecule has 1 aromatic heterocycles. The molecule has 0 bridgehead atoms. The van der Waals surface area contributed by atoms with Crippen LogP contribution in [-0.2, 0) is 4.79 Å². The third kappa shape index (κ3) is 3.79. The fourth-order valence-electron chi connectivity index (χ4n) is 4.02. The van der Waals surface area contributed by atoms with Crippen LogP contribution in [0.1, 0.15) is 28.1 Å². The van der Waals surface area contributed by atoms with Gasteiger partial charge in [0.25, 0.3) is 5.91 Å². The first kappa shape index (κ1) is 21.6. The van der Waals surface area contributed by atoms with E-state index in [2.05, 4.69) is 30.6 Å². The van der Waals surface area contributed by atoms with Crippen molar-refractivity contribution in [3.05, 3.63) is 92.7 Å². The van der Waals surface area contributed by atoms with Crippen molar-refractivity contribution >= 4 is 55.7 Å². The van der Waals surface area contributed by atoms with Crippen molar-refractivity contribution in [3.63, 3.8) is 0 Å². The number of carbonyl (C=O) groups excluding carboxylic acids is 1. The molecule has 0 saturated carbocycles. The maximum atomic E-state index is 12.9. The Bertz CT molecular complexity index is 1430. The summed E-state index contributed by atoms with van der Waals surface area (Å²) in [5.74, 6) is -0.388. The normalized spacial score (nSPS) is 16.8. The van der Waals surface area contributed by atoms with E-state index in [1.165, 1.54) is 16.8 Å². The molecule has 0 atom stereocenters. The number of aryl methyl sites for hydroxylation is 2. The highest BCUT2D eigenvalue weighted by molar-refractivity contribution is 9.10. The van der Waals surface area contributed by atoms with E-state index in [4.69, 9.17) is 5.41 Å². The molecule has 2 aliphatic heterocycles. The zero-order valence-electron chi connectivity index (χ0n) is 18.3. The average molecular weight is 518 g/mol. The van der Waals surface area contributed by atoms with Crippen LogP contribution in [0, 0.1) is 26.2 Å². The van der Waals surface area contributed by atoms with Gasteiger partial charge in [0.15, 0.2) is 5.84 Å². The lowest BCUT2D eigenvalue weighted by Gasteiger charge is -2.20. The summed E-state index contributed by atoms with van der Waals surface area (Å²) in [6, 6.07) is 18.0. The van der Waals surface area contributed by atoms with Crippen LogP contribution in [-0.4, -0.2) is 31.5 Å². The molecule has 1 amide bonds. The maximum absolute atomic E-state index is 12.9. The zero-order valence-corrected chi connectivity index (χ0v) is 20.7. The van der Waals surface area contributed by atoms with Crippen LogP contribution in [0.3, 0.4) is 0 Å². The Morgan fingerprint density at radius 2 is 1.85 bits per heavy atom. The van der Waals surface area contributed by atoms with E-state index in [0.717, 1.165) is 43.3 Å². The Labute approximate surface area is 204 Å². The topological polar surface area (TPSA) is 73.8 Å². The van der Waals surface area contributed by atoms with Gasteiger partial charge in [-0.15, -0.1) is 0 Å². The lowest BCUT2D eigenvalue weighted by molar-refractivity contribution is -0.114. The van der Waals surface area contributed by atoms with Crippen molar-refractivity contribution < 1.29 is 4.79 Å². The van der Waals surface area contributed by atoms with Gasteiger partial charge in [-0.05, 0) is 74.0 Å². The number of carbonyl (C=O) groups is 1. The highest BCUT2D eigenvalue weighted by Gasteiger charge is 2.36. The van der Waals surface area contributed by atoms with Gasteiger partial charge in [0.2, 0.25) is 5.17 Å². The summed E-state index contributed by atoms with van der Waals surface area (Å²) in [6.07, 6.45) is 1.74. The standard InChI is InChI=1S/C25H20BrN5OS/c1-14-7-4-5-10-20(14)24-29-31-22(27)21(23(32)28-25(31)33-24)12-17-11-15(2)30(16(17)3)19-9-6-8-18(26)13-19/h4-13,27H,1-3H3. The van der Waals surface area contributed by atoms with E-state index in [1.807, 2.05) is 75.4 Å². The number of nitrogens with one attached hydrogen (secondary N) is 1. The predicted octanol–water partition coefficient (Wildman–Crippen LogP) is 5.83. The first-order chi connectivity index (χ1) is 15.8. The molecule has 0 spiro atoms. The van der Waals surface area contributed by atoms with Crippen LogP contribution in [0.4, 0.5) is 0 Å². The van der Waals surface area contributed by atoms with Gasteiger partial charge in [0.05, 0.1) is 5.57 Å². The van der Waals surface area contributed by atoms with Crippen LogP contribution >= 0.6 is 27.7 Å². The van der Waals surface area contributed by atoms with E-state index in [1.54, 1.807) is 6.08 Å². The number of amidine groups is 2. The zero-order chi connectivity index (χ0) is 23.3. The number of benzene rings is 2. The van der Waals surface area contributed by atoms with Gasteiger partial charge >= 0.3 is 0 Å². The van der Waals surface area contributed by atoms with E-state index in [0.29, 0.717) is 5.17 Å². The Morgan fingerprint density at radius 3 is 2.61 bits per heavy atom. The molecule has 1 N–H and O–H groups in total. The minimum atomic E-state index is -0.424. The molecule has 33 heavy (non-hydrogen) atoms. The SMILES string of the molecule is Cc1ccccc1C1=NN2C(=N)C(=Cc3cc(C)n(-c4cccc(Br)c4)c3C)C(=O)N=C2S1. The van der Waals surface area contributed by atoms with Crippen molar-refractivity contribution in [1.82, 2.24) is 9.58 Å². The molecule has 2 aromatic carbocycles. The van der Waals surface area contributed by atoms with Crippen molar-refractivity contribution in [2.45, 2.75) is 20.8 Å². The highest BCUT2D eigenvalue weighted by atomic mass is 79.9. The molecule has 0 fully saturated rings. The summed E-state index contributed by atoms with van der Waals surface area (Å²) >= 11 is 4.84. The molecular weight excluding hydrogens is 498 g/mol. The Morgan fingerprint density at radius 1 is 1.06 bits per heavy atom. The van der Waals surface area contributed by atoms with Crippen molar-refractivity contribution in [2.75, 3.05) is 0 Å². The summed E-state index contributed by atoms with van der Waals surface area (Å²) in [5, 5.41) is 15.9. The number of halogens is 1. The Balaban J connectivity index is 1.53. The smallest absolute Gasteiger partial charge is 0.283 e. The van der Waals surface area contributed by atoms with Crippen LogP contribution in [0.15, 0.2) is 74.7 Å². The van der Waals surface area contributed by atoms with Crippen molar-refractivity contribution in [3.8, 4) is 5.69 Å². The molecule has 3 heterocycles. The second-order valence-electron chi connectivity index (χ2n) is 7.88. The van der Waals surface area contributed by atoms with E-state index in [-0.39, 0.29) is 11.4 Å². The van der Waals surface area contributed by atoms with Crippen molar-refractivity contribution in [2.24, 2.45) is 10.1 Å². The number of thioether (sulfide) groups is 1. The van der Waals surface area contributed by atoms with Gasteiger partial charge in [-0.1, -0.05) is 46.3 Å². The minimum Gasteiger partial charge on any atom is -0.318 e. The number of hydrogen-bond donors (Lipinski definition) is 1. The first-order valence-corrected chi connectivity index (χ1v) is 12.0. The van der Waals surface area contributed by atoms with Crippen LogP contribution in [0.5, 0.6) is 0 Å². The van der Waals surface area contributed by atoms with Gasteiger partial charge < -0.3 is 4.57 Å². The number of aromatic nitrogens is 1. The molecule has 164 valence electrons. The lowest BCUT2D eigenvalue weighted by Crippen LogP contribution is -2.35. The van der Waals surface area contributed by atoms with Gasteiger partial charge in [-0.25, -0.2) is 0 Å². The van der Waals surface area contributed by atoms with E-state index >= 15 is 0 Å². The third-order valence-corrected chi connectivity index (χ3v) is 7.10. The van der Waals surface area contributed by atoms with E-state index in [9.17, 15) is 4.79 Å². The molecular formula is C25H20BrN5OS. The number of aliphatic imine (C=N–C) groups is 1. The van der Waals surface area contributed by atoms with Gasteiger partial charge in [-0.3, -0.25) is 10.2 Å². The highest BCUT2D eigenvalue weighted by Crippen LogP contribution is 2.32. The fraction of sp³-hybridized carbons (Fsp3) is 0.120. The summed E-state index contributed by atoms with van der Waals surface area (Å²) in [5.41, 5.74) is 6.19. The Hall–Kier alpha value is -3.23. The molecule has 0 aliphatic carbocycles. The molecule has 0 saturated heterocycles. The molecule has 0 radical (unpaired) electrons. The molecule has 5 rings (SSSR count). The molecule has 0 unspecified atom stereocenters. The lowest BCUT2D eigenvalue weighted by atomic mass is 10.1. The minimum absolute atomic E-state index is 0.0355. The van der Waals surface area contributed by atoms with Gasteiger partial charge in [0, 0.05) is 27.1 Å². The van der Waals surface area contributed by atoms with Crippen molar-refractivity contribution in [1.29, 1.82) is 5.41 Å². The quantitative estimate of drug-likeness (QED) is 0.444. The monoisotopic (exact) mass is 517 g/mol. The summed E-state index contributed by atoms with van der Waals surface area (Å²) in [7, 11) is 0. The maximum Gasteiger partial charge on any atom is 0.283 e. The average Bonchev–Trinajstić information content (AvgIpc) is 3.32. The number of fused-ring (bicyclic) bond motifs is 1. The second kappa shape index (κ2) is 8.28. The fourth-order valence-corrected chi connectivity index (χ4v) is 5.38. The number of nitrogens with zero attached hydrogens (tertiary/aromatic N) is 4. The number of hydrazone groups is 1. The first-order valence-electron chi connectivity index (χ1n) is 10.3. The van der Waals surface area contributed by atoms with Gasteiger partial charge in [-0.2, -0.15) is 15.1 Å². The largest absolute Gasteiger partial charge is 0.318 e. The molecule has 8 heteroatoms. The van der Waals surface area contributed by atoms with Gasteiger partial charge in [0.1, 0.15) is 5.04 Å². The number of rotatable bonds is 3.